The number of rotatable bonds is 11. The van der Waals surface area contributed by atoms with Gasteiger partial charge >= 0.3 is 17.9 Å². The van der Waals surface area contributed by atoms with Crippen LogP contribution in [0.2, 0.25) is 0 Å². The maximum atomic E-state index is 12.0. The van der Waals surface area contributed by atoms with E-state index >= 15 is 0 Å². The molecule has 11 heteroatoms. The first-order chi connectivity index (χ1) is 12.3. The molecule has 0 heterocycles. The van der Waals surface area contributed by atoms with Gasteiger partial charge in [0, 0.05) is 25.2 Å². The average Bonchev–Trinajstić information content (AvgIpc) is 2.56. The van der Waals surface area contributed by atoms with Crippen molar-refractivity contribution in [2.45, 2.75) is 43.8 Å². The van der Waals surface area contributed by atoms with Crippen LogP contribution in [0, 0.1) is 0 Å². The minimum absolute atomic E-state index is 0.194. The quantitative estimate of drug-likeness (QED) is 0.219. The molecule has 0 aromatic carbocycles. The van der Waals surface area contributed by atoms with E-state index in [1.807, 2.05) is 0 Å². The number of amides is 1. The predicted molar refractivity (Wildman–Crippen MR) is 89.5 cm³/mol. The average molecular weight is 374 g/mol. The number of carbonyl (C=O) groups is 4. The van der Waals surface area contributed by atoms with E-state index in [-0.39, 0.29) is 19.6 Å². The summed E-state index contributed by atoms with van der Waals surface area (Å²) in [6.45, 7) is -0.104. The second-order valence-electron chi connectivity index (χ2n) is 6.17. The van der Waals surface area contributed by atoms with Crippen molar-refractivity contribution in [3.8, 4) is 0 Å². The first kappa shape index (κ1) is 21.8. The molecule has 26 heavy (non-hydrogen) atoms. The number of nitrogens with zero attached hydrogens (tertiary/aromatic N) is 1. The van der Waals surface area contributed by atoms with Gasteiger partial charge in [0.2, 0.25) is 11.9 Å². The van der Waals surface area contributed by atoms with Crippen LogP contribution in [0.5, 0.6) is 0 Å². The fraction of sp³-hybridized carbons (Fsp3) is 0.733. The lowest BCUT2D eigenvalue weighted by Crippen LogP contribution is -2.59. The third kappa shape index (κ3) is 6.94. The molecule has 1 fully saturated rings. The molecule has 2 atom stereocenters. The van der Waals surface area contributed by atoms with E-state index in [1.165, 1.54) is 4.90 Å². The van der Waals surface area contributed by atoms with Crippen LogP contribution < -0.4 is 16.4 Å². The highest BCUT2D eigenvalue weighted by atomic mass is 16.4. The maximum Gasteiger partial charge on any atom is 0.332 e. The molecular weight excluding hydrogens is 348 g/mol. The second kappa shape index (κ2) is 10.7. The van der Waals surface area contributed by atoms with Crippen LogP contribution >= 0.6 is 0 Å². The first-order valence-corrected chi connectivity index (χ1v) is 8.40. The number of nitrogens with one attached hydrogen (secondary N) is 2. The van der Waals surface area contributed by atoms with Gasteiger partial charge in [0.25, 0.3) is 0 Å². The van der Waals surface area contributed by atoms with E-state index in [0.29, 0.717) is 12.8 Å². The Balaban J connectivity index is 2.91. The highest BCUT2D eigenvalue weighted by Gasteiger charge is 2.36. The Hall–Kier alpha value is -2.24. The second-order valence-corrected chi connectivity index (χ2v) is 6.17. The van der Waals surface area contributed by atoms with E-state index in [4.69, 9.17) is 21.1 Å². The monoisotopic (exact) mass is 374 g/mol. The highest BCUT2D eigenvalue weighted by Crippen LogP contribution is 2.24. The summed E-state index contributed by atoms with van der Waals surface area (Å²) >= 11 is 0. The lowest BCUT2D eigenvalue weighted by Gasteiger charge is -2.40. The summed E-state index contributed by atoms with van der Waals surface area (Å²) in [6, 6.07) is -2.81. The molecule has 148 valence electrons. The number of carbonyl (C=O) groups excluding carboxylic acids is 1. The summed E-state index contributed by atoms with van der Waals surface area (Å²) in [5, 5.41) is 32.4. The van der Waals surface area contributed by atoms with Crippen LogP contribution in [0.15, 0.2) is 0 Å². The van der Waals surface area contributed by atoms with Gasteiger partial charge in [0.1, 0.15) is 0 Å². The lowest BCUT2D eigenvalue weighted by molar-refractivity contribution is -0.152. The summed E-state index contributed by atoms with van der Waals surface area (Å²) in [7, 11) is 0. The molecule has 0 aromatic heterocycles. The Morgan fingerprint density at radius 1 is 1.04 bits per heavy atom. The number of carboxylic acid groups (broad SMARTS) is 3. The Bertz CT molecular complexity index is 514. The molecule has 1 aliphatic carbocycles. The van der Waals surface area contributed by atoms with E-state index in [9.17, 15) is 19.2 Å². The minimum Gasteiger partial charge on any atom is -0.480 e. The zero-order valence-corrected chi connectivity index (χ0v) is 14.4. The smallest absolute Gasteiger partial charge is 0.332 e. The molecule has 1 rings (SSSR count). The molecule has 7 N–H and O–H groups in total. The van der Waals surface area contributed by atoms with E-state index in [0.717, 1.165) is 12.8 Å². The molecule has 0 radical (unpaired) electrons. The van der Waals surface area contributed by atoms with Crippen LogP contribution in [0.1, 0.15) is 25.7 Å². The van der Waals surface area contributed by atoms with Crippen LogP contribution in [0.25, 0.3) is 0 Å². The fourth-order valence-corrected chi connectivity index (χ4v) is 3.12. The highest BCUT2D eigenvalue weighted by molar-refractivity contribution is 5.97. The van der Waals surface area contributed by atoms with Crippen molar-refractivity contribution in [3.63, 3.8) is 0 Å². The number of carboxylic acids is 3. The molecule has 11 nitrogen and oxygen atoms in total. The first-order valence-electron chi connectivity index (χ1n) is 8.40. The van der Waals surface area contributed by atoms with Crippen molar-refractivity contribution in [3.05, 3.63) is 0 Å². The Morgan fingerprint density at radius 2 is 1.65 bits per heavy atom. The Labute approximate surface area is 150 Å². The predicted octanol–water partition coefficient (Wildman–Crippen LogP) is -2.11. The largest absolute Gasteiger partial charge is 0.480 e. The van der Waals surface area contributed by atoms with Gasteiger partial charge in [-0.3, -0.25) is 19.8 Å². The van der Waals surface area contributed by atoms with Crippen LogP contribution in [-0.4, -0.2) is 88.3 Å². The number of nitrogens with two attached hydrogens (primary N) is 1. The van der Waals surface area contributed by atoms with Gasteiger partial charge in [-0.2, -0.15) is 0 Å². The molecule has 0 aromatic rings. The van der Waals surface area contributed by atoms with Gasteiger partial charge in [-0.1, -0.05) is 12.8 Å². The van der Waals surface area contributed by atoms with Crippen molar-refractivity contribution in [2.24, 2.45) is 5.73 Å². The van der Waals surface area contributed by atoms with E-state index < -0.39 is 48.5 Å². The van der Waals surface area contributed by atoms with Gasteiger partial charge in [-0.05, 0) is 12.8 Å². The van der Waals surface area contributed by atoms with Crippen molar-refractivity contribution in [1.29, 1.82) is 0 Å². The number of aliphatic carboxylic acids is 3. The Morgan fingerprint density at radius 3 is 2.19 bits per heavy atom. The molecule has 1 aliphatic rings. The van der Waals surface area contributed by atoms with Gasteiger partial charge in [0.05, 0.1) is 13.1 Å². The fourth-order valence-electron chi connectivity index (χ4n) is 3.12. The molecule has 0 bridgehead atoms. The third-order valence-corrected chi connectivity index (χ3v) is 4.22. The van der Waals surface area contributed by atoms with Gasteiger partial charge in [-0.25, -0.2) is 9.59 Å². The SMILES string of the molecule is NCCNC(=O)CN(CC(=O)O)C1CCCCC1NC(C(=O)O)C(=O)O. The van der Waals surface area contributed by atoms with E-state index in [1.54, 1.807) is 0 Å². The van der Waals surface area contributed by atoms with Crippen LogP contribution in [-0.2, 0) is 19.2 Å². The minimum atomic E-state index is -1.79. The summed E-state index contributed by atoms with van der Waals surface area (Å²) in [5.41, 5.74) is 5.32. The Kier molecular flexibility index (Phi) is 8.96. The van der Waals surface area contributed by atoms with Crippen molar-refractivity contribution >= 4 is 23.8 Å². The number of hydrogen-bond acceptors (Lipinski definition) is 7. The van der Waals surface area contributed by atoms with Crippen LogP contribution in [0.3, 0.4) is 0 Å². The molecule has 0 aliphatic heterocycles. The molecule has 1 amide bonds. The van der Waals surface area contributed by atoms with Gasteiger partial charge in [-0.15, -0.1) is 0 Å². The van der Waals surface area contributed by atoms with Crippen molar-refractivity contribution in [2.75, 3.05) is 26.2 Å². The zero-order chi connectivity index (χ0) is 19.7. The third-order valence-electron chi connectivity index (χ3n) is 4.22. The topological polar surface area (TPSA) is 182 Å². The van der Waals surface area contributed by atoms with Crippen LogP contribution in [0.4, 0.5) is 0 Å². The van der Waals surface area contributed by atoms with Gasteiger partial charge < -0.3 is 26.4 Å². The molecule has 1 saturated carbocycles. The normalized spacial score (nSPS) is 20.1. The van der Waals surface area contributed by atoms with Gasteiger partial charge in [0.15, 0.2) is 0 Å². The zero-order valence-electron chi connectivity index (χ0n) is 14.4. The summed E-state index contributed by atoms with van der Waals surface area (Å²) in [6.07, 6.45) is 2.54. The molecule has 2 unspecified atom stereocenters. The molecule has 0 saturated heterocycles. The lowest BCUT2D eigenvalue weighted by atomic mass is 9.88. The maximum absolute atomic E-state index is 12.0. The summed E-state index contributed by atoms with van der Waals surface area (Å²) in [4.78, 5) is 46.9. The summed E-state index contributed by atoms with van der Waals surface area (Å²) < 4.78 is 0. The van der Waals surface area contributed by atoms with Crippen molar-refractivity contribution < 1.29 is 34.5 Å². The standard InChI is InChI=1S/C15H26N4O7/c16-5-6-17-11(20)7-19(8-12(21)22)10-4-2-1-3-9(10)18-13(14(23)24)15(25)26/h9-10,13,18H,1-8,16H2,(H,17,20)(H,21,22)(H,23,24)(H,25,26). The van der Waals surface area contributed by atoms with E-state index in [2.05, 4.69) is 10.6 Å². The molecule has 0 spiro atoms. The van der Waals surface area contributed by atoms with Crippen molar-refractivity contribution in [1.82, 2.24) is 15.5 Å². The molecular formula is C15H26N4O7. The summed E-state index contributed by atoms with van der Waals surface area (Å²) in [5.74, 6) is -4.57. The number of hydrogen-bond donors (Lipinski definition) is 6.